The second-order valence-electron chi connectivity index (χ2n) is 6.12. The molecule has 0 N–H and O–H groups in total. The molecule has 0 unspecified atom stereocenters. The molecule has 2 aromatic heterocycles. The SMILES string of the molecule is Cn1ncc2c(C(=O)N3CCOCC3)cc(-c3cc(Cl)cc(Cl)c3)nc21. The molecule has 0 atom stereocenters. The number of amides is 1. The summed E-state index contributed by atoms with van der Waals surface area (Å²) in [6.45, 7) is 2.23. The topological polar surface area (TPSA) is 60.2 Å². The summed E-state index contributed by atoms with van der Waals surface area (Å²) in [5.41, 5.74) is 2.58. The van der Waals surface area contributed by atoms with Gasteiger partial charge in [0.2, 0.25) is 0 Å². The van der Waals surface area contributed by atoms with Crippen LogP contribution in [-0.4, -0.2) is 51.9 Å². The number of aromatic nitrogens is 3. The van der Waals surface area contributed by atoms with E-state index in [0.717, 1.165) is 10.9 Å². The molecule has 0 aliphatic carbocycles. The molecule has 8 heteroatoms. The highest BCUT2D eigenvalue weighted by atomic mass is 35.5. The average Bonchev–Trinajstić information content (AvgIpc) is 3.01. The highest BCUT2D eigenvalue weighted by Crippen LogP contribution is 2.29. The molecule has 4 rings (SSSR count). The highest BCUT2D eigenvalue weighted by molar-refractivity contribution is 6.35. The summed E-state index contributed by atoms with van der Waals surface area (Å²) in [5.74, 6) is -0.0527. The Balaban J connectivity index is 1.87. The lowest BCUT2D eigenvalue weighted by atomic mass is 10.1. The van der Waals surface area contributed by atoms with E-state index < -0.39 is 0 Å². The van der Waals surface area contributed by atoms with Gasteiger partial charge in [0.25, 0.3) is 5.91 Å². The normalized spacial score (nSPS) is 14.8. The summed E-state index contributed by atoms with van der Waals surface area (Å²) in [5, 5.41) is 6.01. The Kier molecular flexibility index (Phi) is 4.56. The Morgan fingerprint density at radius 2 is 1.81 bits per heavy atom. The number of rotatable bonds is 2. The van der Waals surface area contributed by atoms with Crippen LogP contribution in [0.25, 0.3) is 22.3 Å². The lowest BCUT2D eigenvalue weighted by Gasteiger charge is -2.27. The minimum absolute atomic E-state index is 0.0527. The van der Waals surface area contributed by atoms with Gasteiger partial charge in [-0.25, -0.2) is 4.98 Å². The first-order chi connectivity index (χ1) is 12.5. The van der Waals surface area contributed by atoms with Gasteiger partial charge in [-0.05, 0) is 24.3 Å². The van der Waals surface area contributed by atoms with Gasteiger partial charge in [-0.3, -0.25) is 9.48 Å². The number of hydrogen-bond donors (Lipinski definition) is 0. The summed E-state index contributed by atoms with van der Waals surface area (Å²) < 4.78 is 7.00. The largest absolute Gasteiger partial charge is 0.378 e. The van der Waals surface area contributed by atoms with Crippen LogP contribution in [0.5, 0.6) is 0 Å². The van der Waals surface area contributed by atoms with Crippen molar-refractivity contribution < 1.29 is 9.53 Å². The molecule has 134 valence electrons. The molecule has 6 nitrogen and oxygen atoms in total. The van der Waals surface area contributed by atoms with Crippen molar-refractivity contribution in [3.05, 3.63) is 46.1 Å². The van der Waals surface area contributed by atoms with Crippen molar-refractivity contribution in [2.45, 2.75) is 0 Å². The summed E-state index contributed by atoms with van der Waals surface area (Å²) in [7, 11) is 1.80. The van der Waals surface area contributed by atoms with Gasteiger partial charge in [0.1, 0.15) is 0 Å². The monoisotopic (exact) mass is 390 g/mol. The van der Waals surface area contributed by atoms with E-state index in [1.165, 1.54) is 0 Å². The van der Waals surface area contributed by atoms with Gasteiger partial charge in [0, 0.05) is 35.7 Å². The molecule has 1 aromatic carbocycles. The Labute approximate surface area is 160 Å². The third-order valence-corrected chi connectivity index (χ3v) is 4.83. The van der Waals surface area contributed by atoms with Crippen LogP contribution in [0.2, 0.25) is 10.0 Å². The average molecular weight is 391 g/mol. The number of morpholine rings is 1. The van der Waals surface area contributed by atoms with Gasteiger partial charge >= 0.3 is 0 Å². The van der Waals surface area contributed by atoms with Crippen molar-refractivity contribution in [1.82, 2.24) is 19.7 Å². The Morgan fingerprint density at radius 3 is 2.50 bits per heavy atom. The first-order valence-corrected chi connectivity index (χ1v) is 8.95. The maximum Gasteiger partial charge on any atom is 0.254 e. The number of aryl methyl sites for hydroxylation is 1. The summed E-state index contributed by atoms with van der Waals surface area (Å²) in [6.07, 6.45) is 1.67. The summed E-state index contributed by atoms with van der Waals surface area (Å²) >= 11 is 12.3. The van der Waals surface area contributed by atoms with Gasteiger partial charge in [0.05, 0.1) is 36.1 Å². The quantitative estimate of drug-likeness (QED) is 0.672. The second kappa shape index (κ2) is 6.87. The zero-order valence-corrected chi connectivity index (χ0v) is 15.6. The van der Waals surface area contributed by atoms with E-state index in [1.54, 1.807) is 47.1 Å². The maximum absolute atomic E-state index is 13.1. The zero-order chi connectivity index (χ0) is 18.3. The van der Waals surface area contributed by atoms with E-state index in [1.807, 2.05) is 0 Å². The number of fused-ring (bicyclic) bond motifs is 1. The number of halogens is 2. The maximum atomic E-state index is 13.1. The molecule has 0 radical (unpaired) electrons. The molecule has 3 heterocycles. The minimum Gasteiger partial charge on any atom is -0.378 e. The third kappa shape index (κ3) is 3.16. The fraction of sp³-hybridized carbons (Fsp3) is 0.278. The van der Waals surface area contributed by atoms with Gasteiger partial charge in [-0.15, -0.1) is 0 Å². The van der Waals surface area contributed by atoms with Crippen molar-refractivity contribution in [2.75, 3.05) is 26.3 Å². The predicted octanol–water partition coefficient (Wildman–Crippen LogP) is 3.41. The van der Waals surface area contributed by atoms with Crippen molar-refractivity contribution in [1.29, 1.82) is 0 Å². The Morgan fingerprint density at radius 1 is 1.12 bits per heavy atom. The third-order valence-electron chi connectivity index (χ3n) is 4.39. The van der Waals surface area contributed by atoms with Crippen molar-refractivity contribution in [3.8, 4) is 11.3 Å². The molecule has 1 saturated heterocycles. The fourth-order valence-electron chi connectivity index (χ4n) is 3.08. The number of pyridine rings is 1. The van der Waals surface area contributed by atoms with Crippen LogP contribution >= 0.6 is 23.2 Å². The number of nitrogens with zero attached hydrogens (tertiary/aromatic N) is 4. The van der Waals surface area contributed by atoms with E-state index in [0.29, 0.717) is 53.3 Å². The molecule has 0 saturated carbocycles. The zero-order valence-electron chi connectivity index (χ0n) is 14.1. The summed E-state index contributed by atoms with van der Waals surface area (Å²) in [6, 6.07) is 7.00. The van der Waals surface area contributed by atoms with E-state index in [2.05, 4.69) is 10.1 Å². The van der Waals surface area contributed by atoms with Crippen LogP contribution in [0.15, 0.2) is 30.5 Å². The van der Waals surface area contributed by atoms with Crippen LogP contribution in [-0.2, 0) is 11.8 Å². The van der Waals surface area contributed by atoms with Crippen LogP contribution < -0.4 is 0 Å². The Bertz CT molecular complexity index is 976. The van der Waals surface area contributed by atoms with E-state index in [9.17, 15) is 4.79 Å². The van der Waals surface area contributed by atoms with E-state index in [4.69, 9.17) is 27.9 Å². The van der Waals surface area contributed by atoms with Crippen LogP contribution in [0, 0.1) is 0 Å². The molecular weight excluding hydrogens is 375 g/mol. The van der Waals surface area contributed by atoms with Gasteiger partial charge < -0.3 is 9.64 Å². The molecule has 1 amide bonds. The fourth-order valence-corrected chi connectivity index (χ4v) is 3.60. The lowest BCUT2D eigenvalue weighted by Crippen LogP contribution is -2.40. The molecule has 0 bridgehead atoms. The number of ether oxygens (including phenoxy) is 1. The van der Waals surface area contributed by atoms with Crippen LogP contribution in [0.1, 0.15) is 10.4 Å². The molecule has 1 fully saturated rings. The van der Waals surface area contributed by atoms with Crippen molar-refractivity contribution >= 4 is 40.1 Å². The van der Waals surface area contributed by atoms with Crippen molar-refractivity contribution in [2.24, 2.45) is 7.05 Å². The minimum atomic E-state index is -0.0527. The van der Waals surface area contributed by atoms with Gasteiger partial charge in [-0.2, -0.15) is 5.10 Å². The molecule has 26 heavy (non-hydrogen) atoms. The predicted molar refractivity (Wildman–Crippen MR) is 101 cm³/mol. The van der Waals surface area contributed by atoms with Crippen molar-refractivity contribution in [3.63, 3.8) is 0 Å². The number of hydrogen-bond acceptors (Lipinski definition) is 4. The molecule has 1 aliphatic heterocycles. The molecule has 0 spiro atoms. The molecule has 3 aromatic rings. The first-order valence-electron chi connectivity index (χ1n) is 8.19. The van der Waals surface area contributed by atoms with Gasteiger partial charge in [-0.1, -0.05) is 23.2 Å². The highest BCUT2D eigenvalue weighted by Gasteiger charge is 2.23. The Hall–Kier alpha value is -2.15. The number of carbonyl (C=O) groups is 1. The van der Waals surface area contributed by atoms with E-state index >= 15 is 0 Å². The first kappa shape index (κ1) is 17.3. The molecule has 1 aliphatic rings. The second-order valence-corrected chi connectivity index (χ2v) is 7.00. The van der Waals surface area contributed by atoms with Gasteiger partial charge in [0.15, 0.2) is 5.65 Å². The lowest BCUT2D eigenvalue weighted by molar-refractivity contribution is 0.0304. The molecular formula is C18H16Cl2N4O2. The standard InChI is InChI=1S/C18H16Cl2N4O2/c1-23-17-15(10-21-23)14(18(25)24-2-4-26-5-3-24)9-16(22-17)11-6-12(19)8-13(20)7-11/h6-10H,2-5H2,1H3. The van der Waals surface area contributed by atoms with Crippen LogP contribution in [0.3, 0.4) is 0 Å². The number of benzene rings is 1. The van der Waals surface area contributed by atoms with E-state index in [-0.39, 0.29) is 5.91 Å². The smallest absolute Gasteiger partial charge is 0.254 e. The number of carbonyl (C=O) groups excluding carboxylic acids is 1. The van der Waals surface area contributed by atoms with Crippen LogP contribution in [0.4, 0.5) is 0 Å². The summed E-state index contributed by atoms with van der Waals surface area (Å²) in [4.78, 5) is 19.5.